The molecular weight excluding hydrogens is 370 g/mol. The van der Waals surface area contributed by atoms with Crippen LogP contribution in [0.25, 0.3) is 0 Å². The minimum Gasteiger partial charge on any atom is -0.496 e. The summed E-state index contributed by atoms with van der Waals surface area (Å²) in [6.07, 6.45) is 6.15. The second kappa shape index (κ2) is 11.8. The highest BCUT2D eigenvalue weighted by Crippen LogP contribution is 2.40. The van der Waals surface area contributed by atoms with Crippen molar-refractivity contribution in [1.29, 1.82) is 0 Å². The van der Waals surface area contributed by atoms with Gasteiger partial charge in [0.2, 0.25) is 0 Å². The number of hydrogen-bond donors (Lipinski definition) is 2. The van der Waals surface area contributed by atoms with E-state index in [-0.39, 0.29) is 0 Å². The average Bonchev–Trinajstić information content (AvgIpc) is 3.22. The molecule has 2 N–H and O–H groups in total. The maximum absolute atomic E-state index is 5.62. The first-order chi connectivity index (χ1) is 14.1. The lowest BCUT2D eigenvalue weighted by Gasteiger charge is -2.30. The topological polar surface area (TPSA) is 73.3 Å². The van der Waals surface area contributed by atoms with Crippen LogP contribution in [0.15, 0.2) is 17.1 Å². The molecule has 0 bridgehead atoms. The Morgan fingerprint density at radius 2 is 1.69 bits per heavy atom. The fourth-order valence-corrected chi connectivity index (χ4v) is 3.99. The number of rotatable bonds is 11. The second-order valence-electron chi connectivity index (χ2n) is 7.44. The molecule has 2 rings (SSSR count). The zero-order chi connectivity index (χ0) is 21.1. The van der Waals surface area contributed by atoms with Gasteiger partial charge >= 0.3 is 0 Å². The fourth-order valence-electron chi connectivity index (χ4n) is 3.99. The van der Waals surface area contributed by atoms with Crippen LogP contribution in [-0.2, 0) is 11.3 Å². The number of nitrogens with zero attached hydrogens (tertiary/aromatic N) is 1. The average molecular weight is 408 g/mol. The first-order valence-electron chi connectivity index (χ1n) is 10.4. The van der Waals surface area contributed by atoms with Gasteiger partial charge in [0.15, 0.2) is 5.96 Å². The normalized spacial score (nSPS) is 15.8. The molecule has 0 unspecified atom stereocenters. The summed E-state index contributed by atoms with van der Waals surface area (Å²) in [5.74, 6) is 2.90. The lowest BCUT2D eigenvalue weighted by atomic mass is 9.83. The number of hydrogen-bond acceptors (Lipinski definition) is 5. The van der Waals surface area contributed by atoms with E-state index >= 15 is 0 Å². The number of methoxy groups -OCH3 is 3. The van der Waals surface area contributed by atoms with Crippen LogP contribution >= 0.6 is 0 Å². The van der Waals surface area contributed by atoms with Crippen molar-refractivity contribution < 1.29 is 18.9 Å². The number of aliphatic imine (C=N–C) groups is 1. The molecule has 1 saturated carbocycles. The Bertz CT molecular complexity index is 632. The largest absolute Gasteiger partial charge is 0.496 e. The van der Waals surface area contributed by atoms with Gasteiger partial charge in [0.05, 0.1) is 33.4 Å². The summed E-state index contributed by atoms with van der Waals surface area (Å²) >= 11 is 0. The van der Waals surface area contributed by atoms with Gasteiger partial charge < -0.3 is 29.6 Å². The van der Waals surface area contributed by atoms with Crippen molar-refractivity contribution in [3.05, 3.63) is 17.7 Å². The van der Waals surface area contributed by atoms with Crippen LogP contribution in [0.4, 0.5) is 0 Å². The van der Waals surface area contributed by atoms with Gasteiger partial charge in [-0.25, -0.2) is 0 Å². The van der Waals surface area contributed by atoms with Crippen molar-refractivity contribution in [1.82, 2.24) is 10.6 Å². The first kappa shape index (κ1) is 23.1. The minimum absolute atomic E-state index is 0.294. The van der Waals surface area contributed by atoms with E-state index in [1.54, 1.807) is 28.4 Å². The lowest BCUT2D eigenvalue weighted by molar-refractivity contribution is 0.105. The molecule has 0 aliphatic heterocycles. The smallest absolute Gasteiger partial charge is 0.191 e. The predicted molar refractivity (Wildman–Crippen MR) is 116 cm³/mol. The zero-order valence-electron chi connectivity index (χ0n) is 18.6. The quantitative estimate of drug-likeness (QED) is 0.333. The van der Waals surface area contributed by atoms with Gasteiger partial charge in [0.25, 0.3) is 0 Å². The van der Waals surface area contributed by atoms with Crippen LogP contribution in [0.3, 0.4) is 0 Å². The Morgan fingerprint density at radius 3 is 2.21 bits per heavy atom. The number of benzene rings is 1. The molecule has 7 heteroatoms. The Hall–Kier alpha value is -2.15. The van der Waals surface area contributed by atoms with Crippen molar-refractivity contribution in [2.75, 3.05) is 48.1 Å². The van der Waals surface area contributed by atoms with E-state index in [2.05, 4.69) is 15.6 Å². The maximum Gasteiger partial charge on any atom is 0.191 e. The highest BCUT2D eigenvalue weighted by atomic mass is 16.5. The first-order valence-corrected chi connectivity index (χ1v) is 10.4. The van der Waals surface area contributed by atoms with Gasteiger partial charge in [-0.3, -0.25) is 4.99 Å². The van der Waals surface area contributed by atoms with Crippen molar-refractivity contribution >= 4 is 5.96 Å². The highest BCUT2D eigenvalue weighted by Gasteiger charge is 2.33. The van der Waals surface area contributed by atoms with Gasteiger partial charge in [-0.2, -0.15) is 0 Å². The number of ether oxygens (including phenoxy) is 4. The Kier molecular flexibility index (Phi) is 9.38. The molecule has 7 nitrogen and oxygen atoms in total. The summed E-state index contributed by atoms with van der Waals surface area (Å²) < 4.78 is 22.0. The van der Waals surface area contributed by atoms with Gasteiger partial charge in [0, 0.05) is 38.9 Å². The number of guanidine groups is 1. The van der Waals surface area contributed by atoms with E-state index in [0.29, 0.717) is 29.2 Å². The molecule has 0 aromatic heterocycles. The van der Waals surface area contributed by atoms with Crippen LogP contribution in [0.1, 0.15) is 44.6 Å². The molecule has 0 amide bonds. The van der Waals surface area contributed by atoms with Crippen LogP contribution < -0.4 is 24.8 Å². The molecule has 1 fully saturated rings. The standard InChI is InChI=1S/C22H37N3O4/c1-6-29-12-11-22(9-7-8-10-22)16-25-21(23-2)24-15-18-19(27-4)13-17(26-3)14-20(18)28-5/h13-14H,6-12,15-16H2,1-5H3,(H2,23,24,25). The highest BCUT2D eigenvalue weighted by molar-refractivity contribution is 5.79. The van der Waals surface area contributed by atoms with E-state index in [4.69, 9.17) is 18.9 Å². The van der Waals surface area contributed by atoms with Gasteiger partial charge in [-0.1, -0.05) is 12.8 Å². The molecule has 164 valence electrons. The summed E-state index contributed by atoms with van der Waals surface area (Å²) in [5.41, 5.74) is 1.22. The molecule has 1 aliphatic rings. The summed E-state index contributed by atoms with van der Waals surface area (Å²) in [7, 11) is 6.71. The maximum atomic E-state index is 5.62. The van der Waals surface area contributed by atoms with E-state index in [9.17, 15) is 0 Å². The molecule has 0 heterocycles. The number of nitrogens with one attached hydrogen (secondary N) is 2. The summed E-state index contributed by atoms with van der Waals surface area (Å²) in [4.78, 5) is 4.39. The molecule has 0 radical (unpaired) electrons. The third-order valence-electron chi connectivity index (χ3n) is 5.75. The third-order valence-corrected chi connectivity index (χ3v) is 5.75. The van der Waals surface area contributed by atoms with Gasteiger partial charge in [-0.15, -0.1) is 0 Å². The zero-order valence-corrected chi connectivity index (χ0v) is 18.6. The van der Waals surface area contributed by atoms with Crippen molar-refractivity contribution in [3.63, 3.8) is 0 Å². The summed E-state index contributed by atoms with van der Waals surface area (Å²) in [6.45, 7) is 5.08. The lowest BCUT2D eigenvalue weighted by Crippen LogP contribution is -2.43. The van der Waals surface area contributed by atoms with E-state index < -0.39 is 0 Å². The molecule has 0 spiro atoms. The SMILES string of the molecule is CCOCCC1(CNC(=NC)NCc2c(OC)cc(OC)cc2OC)CCCC1. The molecule has 0 atom stereocenters. The summed E-state index contributed by atoms with van der Waals surface area (Å²) in [5, 5.41) is 6.91. The molecule has 29 heavy (non-hydrogen) atoms. The van der Waals surface area contributed by atoms with Gasteiger partial charge in [0.1, 0.15) is 17.2 Å². The monoisotopic (exact) mass is 407 g/mol. The Balaban J connectivity index is 2.00. The molecule has 1 aromatic rings. The van der Waals surface area contributed by atoms with Crippen LogP contribution in [-0.4, -0.2) is 54.1 Å². The van der Waals surface area contributed by atoms with Gasteiger partial charge in [-0.05, 0) is 31.6 Å². The van der Waals surface area contributed by atoms with Crippen LogP contribution in [0.5, 0.6) is 17.2 Å². The van der Waals surface area contributed by atoms with Crippen molar-refractivity contribution in [3.8, 4) is 17.2 Å². The van der Waals surface area contributed by atoms with Crippen LogP contribution in [0.2, 0.25) is 0 Å². The van der Waals surface area contributed by atoms with E-state index in [0.717, 1.165) is 37.7 Å². The third kappa shape index (κ3) is 6.42. The summed E-state index contributed by atoms with van der Waals surface area (Å²) in [6, 6.07) is 3.72. The molecular formula is C22H37N3O4. The Labute approximate surface area is 175 Å². The minimum atomic E-state index is 0.294. The van der Waals surface area contributed by atoms with Crippen molar-refractivity contribution in [2.45, 2.75) is 45.6 Å². The van der Waals surface area contributed by atoms with E-state index in [1.165, 1.54) is 25.7 Å². The Morgan fingerprint density at radius 1 is 1.03 bits per heavy atom. The molecule has 1 aliphatic carbocycles. The van der Waals surface area contributed by atoms with Crippen LogP contribution in [0, 0.1) is 5.41 Å². The predicted octanol–water partition coefficient (Wildman–Crippen LogP) is 3.36. The molecule has 1 aromatic carbocycles. The molecule has 0 saturated heterocycles. The van der Waals surface area contributed by atoms with Crippen molar-refractivity contribution in [2.24, 2.45) is 10.4 Å². The van der Waals surface area contributed by atoms with E-state index in [1.807, 2.05) is 19.1 Å². The fraction of sp³-hybridized carbons (Fsp3) is 0.682. The second-order valence-corrected chi connectivity index (χ2v) is 7.44.